The van der Waals surface area contributed by atoms with Crippen molar-refractivity contribution >= 4 is 27.2 Å². The lowest BCUT2D eigenvalue weighted by molar-refractivity contribution is 0.0904. The average Bonchev–Trinajstić information content (AvgIpc) is 3.43. The van der Waals surface area contributed by atoms with Gasteiger partial charge in [-0.3, -0.25) is 14.8 Å². The van der Waals surface area contributed by atoms with Crippen molar-refractivity contribution in [2.24, 2.45) is 0 Å². The van der Waals surface area contributed by atoms with Crippen molar-refractivity contribution in [3.8, 4) is 0 Å². The van der Waals surface area contributed by atoms with Gasteiger partial charge in [0.15, 0.2) is 5.78 Å². The van der Waals surface area contributed by atoms with Crippen LogP contribution in [0.2, 0.25) is 0 Å². The molecule has 45 heavy (non-hydrogen) atoms. The quantitative estimate of drug-likeness (QED) is 0.322. The minimum absolute atomic E-state index is 0.0575. The van der Waals surface area contributed by atoms with E-state index in [1.807, 2.05) is 18.2 Å². The van der Waals surface area contributed by atoms with Gasteiger partial charge in [0.05, 0.1) is 17.0 Å². The monoisotopic (exact) mass is 646 g/mol. The molecule has 242 valence electrons. The highest BCUT2D eigenvalue weighted by molar-refractivity contribution is 7.89. The first-order chi connectivity index (χ1) is 21.7. The number of ether oxygens (including phenoxy) is 1. The summed E-state index contributed by atoms with van der Waals surface area (Å²) < 4.78 is 73.7. The number of carbonyl (C=O) groups is 1. The number of aromatic nitrogens is 2. The summed E-state index contributed by atoms with van der Waals surface area (Å²) in [5.74, 6) is -2.13. The van der Waals surface area contributed by atoms with Crippen LogP contribution in [0.15, 0.2) is 41.3 Å². The van der Waals surface area contributed by atoms with Gasteiger partial charge in [0.25, 0.3) is 0 Å². The number of nitrogens with zero attached hydrogens (tertiary/aromatic N) is 4. The number of fused-ring (bicyclic) bond motifs is 1. The molecule has 4 heterocycles. The normalized spacial score (nSPS) is 18.6. The van der Waals surface area contributed by atoms with Crippen LogP contribution in [-0.4, -0.2) is 98.8 Å². The first kappa shape index (κ1) is 31.5. The lowest BCUT2D eigenvalue weighted by Crippen LogP contribution is -2.47. The molecule has 6 rings (SSSR count). The first-order valence-electron chi connectivity index (χ1n) is 15.3. The predicted octanol–water partition coefficient (Wildman–Crippen LogP) is 3.54. The predicted molar refractivity (Wildman–Crippen MR) is 163 cm³/mol. The van der Waals surface area contributed by atoms with Crippen LogP contribution in [0, 0.1) is 11.6 Å². The topological polar surface area (TPSA) is 111 Å². The molecule has 0 atom stereocenters. The number of hydrogen-bond donors (Lipinski definition) is 2. The highest BCUT2D eigenvalue weighted by Crippen LogP contribution is 2.31. The SMILES string of the molecule is O=C(Cc1n[nH]c2c1CN(S(=O)(=O)c1cc(F)cc(F)c1)CC2)c1ccc(N2CCN(CCF)CC2)cc1NC1CCOCC1. The second-order valence-corrected chi connectivity index (χ2v) is 13.6. The number of alkyl halides is 1. The molecule has 10 nitrogen and oxygen atoms in total. The summed E-state index contributed by atoms with van der Waals surface area (Å²) in [6.45, 7) is 4.41. The Morgan fingerprint density at radius 2 is 1.76 bits per heavy atom. The molecule has 0 spiro atoms. The number of Topliss-reactive ketones (excluding diaryl/α,β-unsaturated/α-hetero) is 1. The number of nitrogens with one attached hydrogen (secondary N) is 2. The van der Waals surface area contributed by atoms with Crippen molar-refractivity contribution in [2.45, 2.75) is 43.2 Å². The molecule has 0 aliphatic carbocycles. The van der Waals surface area contributed by atoms with E-state index >= 15 is 0 Å². The summed E-state index contributed by atoms with van der Waals surface area (Å²) in [5.41, 5.74) is 3.97. The minimum atomic E-state index is -4.19. The molecule has 0 bridgehead atoms. The standard InChI is InChI=1S/C31H37F3N6O4S/c32-6-8-38-9-11-39(12-10-38)24-1-2-26(29(18-24)35-23-4-13-44-14-5-23)31(41)19-30-27-20-40(7-3-28(27)36-37-30)45(42,43)25-16-21(33)15-22(34)17-25/h1-2,15-18,23,35H,3-14,19-20H2,(H,36,37). The van der Waals surface area contributed by atoms with E-state index in [2.05, 4.69) is 25.3 Å². The largest absolute Gasteiger partial charge is 0.381 e. The van der Waals surface area contributed by atoms with E-state index < -0.39 is 26.6 Å². The molecule has 0 amide bonds. The van der Waals surface area contributed by atoms with E-state index in [0.29, 0.717) is 49.1 Å². The number of ketones is 1. The van der Waals surface area contributed by atoms with Gasteiger partial charge >= 0.3 is 0 Å². The Kier molecular flexibility index (Phi) is 9.45. The van der Waals surface area contributed by atoms with Crippen LogP contribution in [0.25, 0.3) is 0 Å². The number of sulfonamides is 1. The summed E-state index contributed by atoms with van der Waals surface area (Å²) in [7, 11) is -4.19. The maximum absolute atomic E-state index is 13.8. The third kappa shape index (κ3) is 7.03. The van der Waals surface area contributed by atoms with E-state index in [4.69, 9.17) is 4.74 Å². The fourth-order valence-corrected chi connectivity index (χ4v) is 7.71. The number of benzene rings is 2. The van der Waals surface area contributed by atoms with Crippen LogP contribution in [0.5, 0.6) is 0 Å². The van der Waals surface area contributed by atoms with Crippen LogP contribution in [0.3, 0.4) is 0 Å². The minimum Gasteiger partial charge on any atom is -0.381 e. The molecule has 0 radical (unpaired) electrons. The van der Waals surface area contributed by atoms with E-state index in [9.17, 15) is 26.4 Å². The molecule has 1 aromatic heterocycles. The van der Waals surface area contributed by atoms with Gasteiger partial charge in [0.2, 0.25) is 10.0 Å². The lowest BCUT2D eigenvalue weighted by atomic mass is 9.98. The smallest absolute Gasteiger partial charge is 0.243 e. The number of halogens is 3. The van der Waals surface area contributed by atoms with Gasteiger partial charge in [-0.2, -0.15) is 9.40 Å². The summed E-state index contributed by atoms with van der Waals surface area (Å²) in [6.07, 6.45) is 1.88. The van der Waals surface area contributed by atoms with Crippen molar-refractivity contribution in [3.63, 3.8) is 0 Å². The van der Waals surface area contributed by atoms with Crippen LogP contribution in [-0.2, 0) is 34.1 Å². The van der Waals surface area contributed by atoms with Crippen molar-refractivity contribution in [3.05, 3.63) is 70.5 Å². The van der Waals surface area contributed by atoms with Crippen LogP contribution in [0.4, 0.5) is 24.5 Å². The molecule has 2 N–H and O–H groups in total. The third-order valence-electron chi connectivity index (χ3n) is 8.81. The summed E-state index contributed by atoms with van der Waals surface area (Å²) in [5, 5.41) is 10.9. The molecule has 3 aliphatic rings. The third-order valence-corrected chi connectivity index (χ3v) is 10.6. The summed E-state index contributed by atoms with van der Waals surface area (Å²) in [4.78, 5) is 17.7. The zero-order chi connectivity index (χ0) is 31.6. The number of anilines is 2. The van der Waals surface area contributed by atoms with E-state index in [0.717, 1.165) is 72.5 Å². The maximum Gasteiger partial charge on any atom is 0.243 e. The zero-order valence-electron chi connectivity index (χ0n) is 24.9. The van der Waals surface area contributed by atoms with Crippen LogP contribution in [0.1, 0.15) is 40.2 Å². The highest BCUT2D eigenvalue weighted by Gasteiger charge is 2.32. The lowest BCUT2D eigenvalue weighted by Gasteiger charge is -2.36. The number of H-pyrrole nitrogens is 1. The first-order valence-corrected chi connectivity index (χ1v) is 16.7. The Morgan fingerprint density at radius 1 is 1.02 bits per heavy atom. The van der Waals surface area contributed by atoms with Gasteiger partial charge in [0.1, 0.15) is 18.3 Å². The highest BCUT2D eigenvalue weighted by atomic mass is 32.2. The Bertz CT molecular complexity index is 1620. The Labute approximate surface area is 260 Å². The number of rotatable bonds is 10. The Hall–Kier alpha value is -3.46. The van der Waals surface area contributed by atoms with Gasteiger partial charge < -0.3 is 15.0 Å². The van der Waals surface area contributed by atoms with E-state index in [1.165, 1.54) is 0 Å². The second-order valence-electron chi connectivity index (χ2n) is 11.7. The van der Waals surface area contributed by atoms with E-state index in [1.54, 1.807) is 0 Å². The fraction of sp³-hybridized carbons (Fsp3) is 0.484. The van der Waals surface area contributed by atoms with E-state index in [-0.39, 0.29) is 38.0 Å². The number of piperazine rings is 1. The molecule has 0 saturated carbocycles. The molecular formula is C31H37F3N6O4S. The Morgan fingerprint density at radius 3 is 2.47 bits per heavy atom. The number of carbonyl (C=O) groups excluding carboxylic acids is 1. The number of aromatic amines is 1. The van der Waals surface area contributed by atoms with Gasteiger partial charge in [0, 0.05) is 106 Å². The van der Waals surface area contributed by atoms with Crippen molar-refractivity contribution in [2.75, 3.05) is 69.4 Å². The van der Waals surface area contributed by atoms with Gasteiger partial charge in [-0.1, -0.05) is 0 Å². The van der Waals surface area contributed by atoms with Crippen molar-refractivity contribution < 1.29 is 31.1 Å². The summed E-state index contributed by atoms with van der Waals surface area (Å²) >= 11 is 0. The molecule has 14 heteroatoms. The van der Waals surface area contributed by atoms with Gasteiger partial charge in [-0.05, 0) is 43.2 Å². The zero-order valence-corrected chi connectivity index (χ0v) is 25.7. The van der Waals surface area contributed by atoms with Crippen LogP contribution < -0.4 is 10.2 Å². The maximum atomic E-state index is 13.8. The molecule has 3 aliphatic heterocycles. The average molecular weight is 647 g/mol. The van der Waals surface area contributed by atoms with Gasteiger partial charge in [-0.15, -0.1) is 0 Å². The van der Waals surface area contributed by atoms with Crippen LogP contribution >= 0.6 is 0 Å². The molecule has 2 fully saturated rings. The second kappa shape index (κ2) is 13.5. The van der Waals surface area contributed by atoms with Crippen molar-refractivity contribution in [1.29, 1.82) is 0 Å². The van der Waals surface area contributed by atoms with Gasteiger partial charge in [-0.25, -0.2) is 21.6 Å². The molecular weight excluding hydrogens is 609 g/mol. The molecule has 3 aromatic rings. The molecule has 2 saturated heterocycles. The fourth-order valence-electron chi connectivity index (χ4n) is 6.26. The molecule has 0 unspecified atom stereocenters. The number of hydrogen-bond acceptors (Lipinski definition) is 8. The Balaban J connectivity index is 1.22. The van der Waals surface area contributed by atoms with Crippen molar-refractivity contribution in [1.82, 2.24) is 19.4 Å². The summed E-state index contributed by atoms with van der Waals surface area (Å²) in [6, 6.07) is 8.12. The molecule has 2 aromatic carbocycles.